The van der Waals surface area contributed by atoms with Crippen molar-refractivity contribution in [1.82, 2.24) is 5.43 Å². The minimum atomic E-state index is -0.146. The molecule has 2 N–H and O–H groups in total. The van der Waals surface area contributed by atoms with Crippen molar-refractivity contribution >= 4 is 12.1 Å². The first-order chi connectivity index (χ1) is 8.04. The van der Waals surface area contributed by atoms with Crippen molar-refractivity contribution in [3.05, 3.63) is 23.8 Å². The Kier molecular flexibility index (Phi) is 4.51. The second kappa shape index (κ2) is 5.89. The third kappa shape index (κ3) is 3.79. The third-order valence-corrected chi connectivity index (χ3v) is 2.12. The van der Waals surface area contributed by atoms with E-state index in [0.29, 0.717) is 5.75 Å². The van der Waals surface area contributed by atoms with Gasteiger partial charge < -0.3 is 9.84 Å². The molecule has 17 heavy (non-hydrogen) atoms. The Hall–Kier alpha value is -2.04. The monoisotopic (exact) mass is 236 g/mol. The van der Waals surface area contributed by atoms with Gasteiger partial charge in [-0.25, -0.2) is 5.43 Å². The van der Waals surface area contributed by atoms with Crippen LogP contribution >= 0.6 is 0 Å². The van der Waals surface area contributed by atoms with E-state index in [1.54, 1.807) is 26.0 Å². The summed E-state index contributed by atoms with van der Waals surface area (Å²) in [6.07, 6.45) is 1.49. The fourth-order valence-corrected chi connectivity index (χ4v) is 1.07. The highest BCUT2D eigenvalue weighted by Gasteiger charge is 2.04. The summed E-state index contributed by atoms with van der Waals surface area (Å²) in [5.41, 5.74) is 3.14. The van der Waals surface area contributed by atoms with E-state index in [1.165, 1.54) is 19.4 Å². The Bertz CT molecular complexity index is 428. The maximum absolute atomic E-state index is 11.2. The molecule has 1 aromatic carbocycles. The van der Waals surface area contributed by atoms with E-state index in [2.05, 4.69) is 10.5 Å². The molecule has 0 atom stereocenters. The number of hydrogen-bond donors (Lipinski definition) is 2. The molecule has 0 bridgehead atoms. The van der Waals surface area contributed by atoms with E-state index in [9.17, 15) is 9.90 Å². The summed E-state index contributed by atoms with van der Waals surface area (Å²) in [6.45, 7) is 3.57. The first-order valence-corrected chi connectivity index (χ1v) is 5.24. The van der Waals surface area contributed by atoms with Crippen LogP contribution in [0.4, 0.5) is 0 Å². The molecule has 0 fully saturated rings. The zero-order valence-corrected chi connectivity index (χ0v) is 10.1. The maximum atomic E-state index is 11.2. The standard InChI is InChI=1S/C12H16N2O3/c1-8(2)12(16)14-13-7-9-4-5-10(15)11(6-9)17-3/h4-8,15H,1-3H3,(H,14,16). The lowest BCUT2D eigenvalue weighted by atomic mass is 10.2. The van der Waals surface area contributed by atoms with E-state index in [-0.39, 0.29) is 17.6 Å². The number of benzene rings is 1. The van der Waals surface area contributed by atoms with Gasteiger partial charge in [0.15, 0.2) is 11.5 Å². The summed E-state index contributed by atoms with van der Waals surface area (Å²) in [7, 11) is 1.47. The van der Waals surface area contributed by atoms with Crippen LogP contribution in [-0.2, 0) is 4.79 Å². The van der Waals surface area contributed by atoms with Crippen LogP contribution < -0.4 is 10.2 Å². The van der Waals surface area contributed by atoms with Gasteiger partial charge in [0.1, 0.15) is 0 Å². The van der Waals surface area contributed by atoms with Crippen molar-refractivity contribution in [2.45, 2.75) is 13.8 Å². The van der Waals surface area contributed by atoms with Crippen LogP contribution in [0, 0.1) is 5.92 Å². The number of nitrogens with zero attached hydrogens (tertiary/aromatic N) is 1. The number of carbonyl (C=O) groups excluding carboxylic acids is 1. The minimum absolute atomic E-state index is 0.0656. The second-order valence-electron chi connectivity index (χ2n) is 3.82. The summed E-state index contributed by atoms with van der Waals surface area (Å²) >= 11 is 0. The van der Waals surface area contributed by atoms with E-state index in [0.717, 1.165) is 5.56 Å². The number of phenolic OH excluding ortho intramolecular Hbond substituents is 1. The molecule has 1 rings (SSSR count). The molecule has 5 nitrogen and oxygen atoms in total. The molecule has 0 heterocycles. The van der Waals surface area contributed by atoms with E-state index in [1.807, 2.05) is 0 Å². The smallest absolute Gasteiger partial charge is 0.242 e. The molecule has 0 aliphatic carbocycles. The van der Waals surface area contributed by atoms with Gasteiger partial charge in [-0.1, -0.05) is 13.8 Å². The average Bonchev–Trinajstić information content (AvgIpc) is 2.31. The van der Waals surface area contributed by atoms with Gasteiger partial charge in [-0.05, 0) is 23.8 Å². The lowest BCUT2D eigenvalue weighted by Gasteiger charge is -2.04. The molecule has 92 valence electrons. The van der Waals surface area contributed by atoms with Crippen LogP contribution in [0.1, 0.15) is 19.4 Å². The number of nitrogens with one attached hydrogen (secondary N) is 1. The van der Waals surface area contributed by atoms with Crippen molar-refractivity contribution in [2.75, 3.05) is 7.11 Å². The number of hydrazone groups is 1. The van der Waals surface area contributed by atoms with Crippen molar-refractivity contribution in [2.24, 2.45) is 11.0 Å². The minimum Gasteiger partial charge on any atom is -0.504 e. The number of phenols is 1. The molecule has 0 saturated heterocycles. The van der Waals surface area contributed by atoms with Crippen molar-refractivity contribution in [1.29, 1.82) is 0 Å². The topological polar surface area (TPSA) is 70.9 Å². The predicted octanol–water partition coefficient (Wildman–Crippen LogP) is 1.51. The molecule has 5 heteroatoms. The van der Waals surface area contributed by atoms with Crippen LogP contribution in [0.15, 0.2) is 23.3 Å². The van der Waals surface area contributed by atoms with Crippen molar-refractivity contribution < 1.29 is 14.6 Å². The van der Waals surface area contributed by atoms with Gasteiger partial charge >= 0.3 is 0 Å². The number of methoxy groups -OCH3 is 1. The number of ether oxygens (including phenoxy) is 1. The Morgan fingerprint density at radius 3 is 2.82 bits per heavy atom. The molecule has 0 aliphatic rings. The molecule has 0 saturated carbocycles. The summed E-state index contributed by atoms with van der Waals surface area (Å²) in [5.74, 6) is 0.175. The number of amides is 1. The lowest BCUT2D eigenvalue weighted by Crippen LogP contribution is -2.22. The van der Waals surface area contributed by atoms with Gasteiger partial charge in [0.05, 0.1) is 13.3 Å². The Morgan fingerprint density at radius 2 is 2.24 bits per heavy atom. The average molecular weight is 236 g/mol. The molecule has 1 aromatic rings. The van der Waals surface area contributed by atoms with E-state index >= 15 is 0 Å². The summed E-state index contributed by atoms with van der Waals surface area (Å²) in [4.78, 5) is 11.2. The van der Waals surface area contributed by atoms with E-state index < -0.39 is 0 Å². The van der Waals surface area contributed by atoms with Gasteiger partial charge in [0, 0.05) is 5.92 Å². The molecule has 0 radical (unpaired) electrons. The first-order valence-electron chi connectivity index (χ1n) is 5.24. The predicted molar refractivity (Wildman–Crippen MR) is 65.2 cm³/mol. The molecule has 0 spiro atoms. The van der Waals surface area contributed by atoms with Crippen LogP contribution in [0.25, 0.3) is 0 Å². The zero-order valence-electron chi connectivity index (χ0n) is 10.1. The molecule has 0 aliphatic heterocycles. The Morgan fingerprint density at radius 1 is 1.53 bits per heavy atom. The van der Waals surface area contributed by atoms with Crippen LogP contribution in [-0.4, -0.2) is 24.3 Å². The normalized spacial score (nSPS) is 10.8. The highest BCUT2D eigenvalue weighted by Crippen LogP contribution is 2.25. The fourth-order valence-electron chi connectivity index (χ4n) is 1.07. The fraction of sp³-hybridized carbons (Fsp3) is 0.333. The van der Waals surface area contributed by atoms with E-state index in [4.69, 9.17) is 4.74 Å². The highest BCUT2D eigenvalue weighted by molar-refractivity contribution is 5.83. The van der Waals surface area contributed by atoms with Crippen LogP contribution in [0.2, 0.25) is 0 Å². The zero-order chi connectivity index (χ0) is 12.8. The molecular weight excluding hydrogens is 220 g/mol. The first kappa shape index (κ1) is 13.0. The van der Waals surface area contributed by atoms with Crippen LogP contribution in [0.5, 0.6) is 11.5 Å². The number of aromatic hydroxyl groups is 1. The maximum Gasteiger partial charge on any atom is 0.242 e. The highest BCUT2D eigenvalue weighted by atomic mass is 16.5. The quantitative estimate of drug-likeness (QED) is 0.615. The van der Waals surface area contributed by atoms with Gasteiger partial charge in [-0.3, -0.25) is 4.79 Å². The van der Waals surface area contributed by atoms with Gasteiger partial charge in [0.25, 0.3) is 0 Å². The second-order valence-corrected chi connectivity index (χ2v) is 3.82. The number of hydrogen-bond acceptors (Lipinski definition) is 4. The Labute approximate surface area is 100 Å². The van der Waals surface area contributed by atoms with Crippen LogP contribution in [0.3, 0.4) is 0 Å². The summed E-state index contributed by atoms with van der Waals surface area (Å²) in [6, 6.07) is 4.80. The molecular formula is C12H16N2O3. The Balaban J connectivity index is 2.69. The molecule has 1 amide bonds. The summed E-state index contributed by atoms with van der Waals surface area (Å²) in [5, 5.41) is 13.2. The van der Waals surface area contributed by atoms with Gasteiger partial charge in [0.2, 0.25) is 5.91 Å². The SMILES string of the molecule is COc1cc(C=NNC(=O)C(C)C)ccc1O. The van der Waals surface area contributed by atoms with Gasteiger partial charge in [-0.15, -0.1) is 0 Å². The van der Waals surface area contributed by atoms with Crippen molar-refractivity contribution in [3.8, 4) is 11.5 Å². The van der Waals surface area contributed by atoms with Crippen molar-refractivity contribution in [3.63, 3.8) is 0 Å². The largest absolute Gasteiger partial charge is 0.504 e. The third-order valence-electron chi connectivity index (χ3n) is 2.12. The molecule has 0 unspecified atom stereocenters. The lowest BCUT2D eigenvalue weighted by molar-refractivity contribution is -0.123. The molecule has 0 aromatic heterocycles. The van der Waals surface area contributed by atoms with Gasteiger partial charge in [-0.2, -0.15) is 5.10 Å². The number of carbonyl (C=O) groups is 1. The summed E-state index contributed by atoms with van der Waals surface area (Å²) < 4.78 is 4.95. The number of rotatable bonds is 4.